The first kappa shape index (κ1) is 26.9. The van der Waals surface area contributed by atoms with E-state index in [0.29, 0.717) is 6.42 Å². The van der Waals surface area contributed by atoms with E-state index in [4.69, 9.17) is 4.55 Å². The molecule has 0 saturated carbocycles. The van der Waals surface area contributed by atoms with Gasteiger partial charge in [-0.25, -0.2) is 0 Å². The van der Waals surface area contributed by atoms with Crippen molar-refractivity contribution >= 4 is 10.1 Å². The molecule has 0 fully saturated rings. The van der Waals surface area contributed by atoms with Gasteiger partial charge in [-0.1, -0.05) is 103 Å². The average molecular weight is 407 g/mol. The molecule has 0 aromatic rings. The van der Waals surface area contributed by atoms with Gasteiger partial charge in [0, 0.05) is 0 Å². The van der Waals surface area contributed by atoms with Gasteiger partial charge in [0.25, 0.3) is 10.1 Å². The molecule has 0 saturated heterocycles. The van der Waals surface area contributed by atoms with Gasteiger partial charge in [0.15, 0.2) is 0 Å². The summed E-state index contributed by atoms with van der Waals surface area (Å²) in [6.07, 6.45) is 20.7. The van der Waals surface area contributed by atoms with E-state index in [0.717, 1.165) is 32.1 Å². The largest absolute Gasteiger partial charge is 0.393 e. The molecule has 5 heteroatoms. The molecule has 2 N–H and O–H groups in total. The average Bonchev–Trinajstić information content (AvgIpc) is 2.61. The van der Waals surface area contributed by atoms with Crippen molar-refractivity contribution in [2.75, 3.05) is 0 Å². The summed E-state index contributed by atoms with van der Waals surface area (Å²) in [5, 5.41) is 9.29. The van der Waals surface area contributed by atoms with Crippen molar-refractivity contribution in [2.24, 2.45) is 0 Å². The lowest BCUT2D eigenvalue weighted by molar-refractivity contribution is 0.147. The molecular formula is C22H46O4S. The summed E-state index contributed by atoms with van der Waals surface area (Å²) >= 11 is 0. The fourth-order valence-corrected chi connectivity index (χ4v) is 3.97. The van der Waals surface area contributed by atoms with Crippen LogP contribution in [0.2, 0.25) is 0 Å². The molecule has 0 radical (unpaired) electrons. The van der Waals surface area contributed by atoms with Crippen molar-refractivity contribution in [1.82, 2.24) is 0 Å². The number of aliphatic hydroxyl groups is 1. The lowest BCUT2D eigenvalue weighted by atomic mass is 10.0. The fraction of sp³-hybridized carbons (Fsp3) is 1.00. The Bertz CT molecular complexity index is 409. The minimum absolute atomic E-state index is 0.265. The molecule has 0 aliphatic rings. The molecule has 4 nitrogen and oxygen atoms in total. The summed E-state index contributed by atoms with van der Waals surface area (Å²) in [6, 6.07) is 0. The number of rotatable bonds is 20. The highest BCUT2D eigenvalue weighted by atomic mass is 32.2. The Balaban J connectivity index is 3.29. The molecule has 0 amide bonds. The predicted molar refractivity (Wildman–Crippen MR) is 116 cm³/mol. The van der Waals surface area contributed by atoms with E-state index in [1.165, 1.54) is 84.0 Å². The number of aliphatic hydroxyl groups excluding tert-OH is 1. The predicted octanol–water partition coefficient (Wildman–Crippen LogP) is 6.67. The highest BCUT2D eigenvalue weighted by Crippen LogP contribution is 2.16. The van der Waals surface area contributed by atoms with Crippen LogP contribution in [0, 0.1) is 0 Å². The maximum absolute atomic E-state index is 10.9. The fourth-order valence-electron chi connectivity index (χ4n) is 3.50. The van der Waals surface area contributed by atoms with E-state index < -0.39 is 15.4 Å². The van der Waals surface area contributed by atoms with Crippen molar-refractivity contribution < 1.29 is 18.1 Å². The molecule has 164 valence electrons. The third-order valence-corrected chi connectivity index (χ3v) is 6.80. The van der Waals surface area contributed by atoms with Crippen molar-refractivity contribution in [2.45, 2.75) is 141 Å². The second kappa shape index (κ2) is 17.9. The van der Waals surface area contributed by atoms with Gasteiger partial charge in [0.1, 0.15) is 0 Å². The van der Waals surface area contributed by atoms with E-state index >= 15 is 0 Å². The third-order valence-electron chi connectivity index (χ3n) is 5.55. The van der Waals surface area contributed by atoms with Gasteiger partial charge in [-0.3, -0.25) is 4.55 Å². The highest BCUT2D eigenvalue weighted by molar-refractivity contribution is 7.86. The van der Waals surface area contributed by atoms with Crippen LogP contribution in [0.1, 0.15) is 129 Å². The first-order valence-electron chi connectivity index (χ1n) is 11.5. The van der Waals surface area contributed by atoms with E-state index in [1.807, 2.05) is 0 Å². The number of hydrogen-bond donors (Lipinski definition) is 2. The summed E-state index contributed by atoms with van der Waals surface area (Å²) in [6.45, 7) is 3.79. The molecule has 27 heavy (non-hydrogen) atoms. The van der Waals surface area contributed by atoms with Crippen molar-refractivity contribution in [1.29, 1.82) is 0 Å². The van der Waals surface area contributed by atoms with Crippen molar-refractivity contribution in [3.8, 4) is 0 Å². The van der Waals surface area contributed by atoms with Crippen LogP contribution < -0.4 is 0 Å². The Morgan fingerprint density at radius 2 is 0.963 bits per heavy atom. The zero-order chi connectivity index (χ0) is 20.4. The Kier molecular flexibility index (Phi) is 17.8. The summed E-state index contributed by atoms with van der Waals surface area (Å²) in [7, 11) is -3.90. The van der Waals surface area contributed by atoms with Crippen LogP contribution in [-0.4, -0.2) is 29.4 Å². The smallest absolute Gasteiger partial charge is 0.267 e. The monoisotopic (exact) mass is 406 g/mol. The molecule has 0 rings (SSSR count). The third kappa shape index (κ3) is 19.0. The van der Waals surface area contributed by atoms with E-state index in [-0.39, 0.29) is 6.10 Å². The van der Waals surface area contributed by atoms with E-state index in [1.54, 1.807) is 0 Å². The zero-order valence-corrected chi connectivity index (χ0v) is 18.8. The standard InChI is InChI=1S/C22H46O4S/c1-3-4-5-6-7-8-9-10-11-12-13-14-15-19-22(23)20-17-16-18-21(2)27(24,25)26/h21-23H,3-20H2,1-2H3,(H,24,25,26). The summed E-state index contributed by atoms with van der Waals surface area (Å²) in [5.41, 5.74) is 0. The molecule has 2 atom stereocenters. The van der Waals surface area contributed by atoms with Gasteiger partial charge in [-0.2, -0.15) is 8.42 Å². The molecule has 2 unspecified atom stereocenters. The zero-order valence-electron chi connectivity index (χ0n) is 18.0. The van der Waals surface area contributed by atoms with Crippen molar-refractivity contribution in [3.05, 3.63) is 0 Å². The molecule has 0 aromatic heterocycles. The van der Waals surface area contributed by atoms with Gasteiger partial charge in [0.2, 0.25) is 0 Å². The Labute approximate surface area is 169 Å². The van der Waals surface area contributed by atoms with Crippen LogP contribution in [0.3, 0.4) is 0 Å². The number of hydrogen-bond acceptors (Lipinski definition) is 3. The van der Waals surface area contributed by atoms with Crippen LogP contribution in [0.5, 0.6) is 0 Å². The summed E-state index contributed by atoms with van der Waals surface area (Å²) < 4.78 is 30.7. The Morgan fingerprint density at radius 3 is 1.37 bits per heavy atom. The summed E-state index contributed by atoms with van der Waals surface area (Å²) in [5.74, 6) is 0. The topological polar surface area (TPSA) is 74.6 Å². The minimum atomic E-state index is -3.90. The Hall–Kier alpha value is -0.130. The van der Waals surface area contributed by atoms with Crippen molar-refractivity contribution in [3.63, 3.8) is 0 Å². The maximum atomic E-state index is 10.9. The first-order chi connectivity index (χ1) is 12.9. The van der Waals surface area contributed by atoms with E-state index in [9.17, 15) is 13.5 Å². The normalized spacial score (nSPS) is 14.4. The second-order valence-electron chi connectivity index (χ2n) is 8.30. The first-order valence-corrected chi connectivity index (χ1v) is 13.0. The maximum Gasteiger partial charge on any atom is 0.267 e. The molecular weight excluding hydrogens is 360 g/mol. The number of unbranched alkanes of at least 4 members (excludes halogenated alkanes) is 13. The van der Waals surface area contributed by atoms with Crippen LogP contribution >= 0.6 is 0 Å². The van der Waals surface area contributed by atoms with Gasteiger partial charge in [0.05, 0.1) is 11.4 Å². The molecule has 0 bridgehead atoms. The van der Waals surface area contributed by atoms with E-state index in [2.05, 4.69) is 6.92 Å². The van der Waals surface area contributed by atoms with Crippen LogP contribution in [-0.2, 0) is 10.1 Å². The van der Waals surface area contributed by atoms with Crippen LogP contribution in [0.25, 0.3) is 0 Å². The van der Waals surface area contributed by atoms with Gasteiger partial charge in [-0.05, 0) is 26.2 Å². The van der Waals surface area contributed by atoms with Gasteiger partial charge in [-0.15, -0.1) is 0 Å². The lowest BCUT2D eigenvalue weighted by Crippen LogP contribution is -2.16. The molecule has 0 aromatic carbocycles. The SMILES string of the molecule is CCCCCCCCCCCCCCCC(O)CCCCC(C)S(=O)(=O)O. The molecule has 0 aliphatic heterocycles. The van der Waals surface area contributed by atoms with Gasteiger partial charge >= 0.3 is 0 Å². The lowest BCUT2D eigenvalue weighted by Gasteiger charge is -2.11. The molecule has 0 heterocycles. The van der Waals surface area contributed by atoms with Crippen LogP contribution in [0.4, 0.5) is 0 Å². The van der Waals surface area contributed by atoms with Crippen LogP contribution in [0.15, 0.2) is 0 Å². The van der Waals surface area contributed by atoms with Gasteiger partial charge < -0.3 is 5.11 Å². The second-order valence-corrected chi connectivity index (χ2v) is 10.1. The quantitative estimate of drug-likeness (QED) is 0.175. The molecule has 0 spiro atoms. The summed E-state index contributed by atoms with van der Waals surface area (Å²) in [4.78, 5) is 0. The Morgan fingerprint density at radius 1 is 0.630 bits per heavy atom. The molecule has 0 aliphatic carbocycles. The highest BCUT2D eigenvalue weighted by Gasteiger charge is 2.16. The minimum Gasteiger partial charge on any atom is -0.393 e.